The van der Waals surface area contributed by atoms with Crippen molar-refractivity contribution < 1.29 is 18.7 Å². The molecule has 1 aliphatic rings. The van der Waals surface area contributed by atoms with Crippen LogP contribution >= 0.6 is 0 Å². The molecule has 0 atom stereocenters. The summed E-state index contributed by atoms with van der Waals surface area (Å²) in [7, 11) is 0. The normalized spacial score (nSPS) is 14.6. The maximum Gasteiger partial charge on any atom is 0.251 e. The second-order valence-electron chi connectivity index (χ2n) is 7.63. The molecule has 0 unspecified atom stereocenters. The van der Waals surface area contributed by atoms with E-state index in [0.29, 0.717) is 54.2 Å². The number of nitrogens with one attached hydrogen (secondary N) is 1. The summed E-state index contributed by atoms with van der Waals surface area (Å²) in [4.78, 5) is 30.9. The molecule has 2 amide bonds. The van der Waals surface area contributed by atoms with Crippen LogP contribution in [0.1, 0.15) is 35.0 Å². The molecule has 2 aromatic carbocycles. The van der Waals surface area contributed by atoms with E-state index in [4.69, 9.17) is 9.15 Å². The molecular weight excluding hydrogens is 412 g/mol. The van der Waals surface area contributed by atoms with E-state index in [-0.39, 0.29) is 24.3 Å². The van der Waals surface area contributed by atoms with Crippen molar-refractivity contribution in [3.63, 3.8) is 0 Å². The van der Waals surface area contributed by atoms with Gasteiger partial charge in [-0.2, -0.15) is 4.98 Å². The van der Waals surface area contributed by atoms with Crippen LogP contribution in [0.25, 0.3) is 22.4 Å². The molecule has 0 radical (unpaired) electrons. The van der Waals surface area contributed by atoms with Gasteiger partial charge in [-0.3, -0.25) is 9.59 Å². The van der Waals surface area contributed by atoms with Crippen molar-refractivity contribution in [2.45, 2.75) is 18.8 Å². The molecule has 1 saturated heterocycles. The van der Waals surface area contributed by atoms with Gasteiger partial charge in [0.2, 0.25) is 17.6 Å². The number of amides is 2. The van der Waals surface area contributed by atoms with Gasteiger partial charge in [0, 0.05) is 30.1 Å². The number of benzene rings is 2. The summed E-state index contributed by atoms with van der Waals surface area (Å²) in [6, 6.07) is 14.3. The van der Waals surface area contributed by atoms with Crippen LogP contribution in [-0.4, -0.2) is 56.8 Å². The minimum atomic E-state index is -0.258. The Morgan fingerprint density at radius 1 is 1.00 bits per heavy atom. The molecule has 0 bridgehead atoms. The molecule has 10 nitrogen and oxygen atoms in total. The van der Waals surface area contributed by atoms with Crippen LogP contribution in [0, 0.1) is 0 Å². The summed E-state index contributed by atoms with van der Waals surface area (Å²) in [5.41, 5.74) is 2.59. The third-order valence-corrected chi connectivity index (χ3v) is 5.59. The van der Waals surface area contributed by atoms with E-state index in [1.165, 1.54) is 0 Å². The highest BCUT2D eigenvalue weighted by molar-refractivity contribution is 5.96. The molecule has 2 aromatic heterocycles. The highest BCUT2D eigenvalue weighted by Gasteiger charge is 2.28. The van der Waals surface area contributed by atoms with E-state index in [2.05, 4.69) is 25.8 Å². The van der Waals surface area contributed by atoms with Crippen LogP contribution in [0.2, 0.25) is 0 Å². The second-order valence-corrected chi connectivity index (χ2v) is 7.63. The number of carbonyl (C=O) groups excluding carboxylic acids is 2. The molecule has 3 heterocycles. The summed E-state index contributed by atoms with van der Waals surface area (Å²) in [6.07, 6.45) is 1.43. The summed E-state index contributed by atoms with van der Waals surface area (Å²) in [5, 5.41) is 14.4. The van der Waals surface area contributed by atoms with Crippen molar-refractivity contribution >= 4 is 22.8 Å². The van der Waals surface area contributed by atoms with Crippen molar-refractivity contribution in [2.24, 2.45) is 0 Å². The fourth-order valence-corrected chi connectivity index (χ4v) is 3.77. The van der Waals surface area contributed by atoms with Gasteiger partial charge in [0.15, 0.2) is 0 Å². The largest absolute Gasteiger partial charge is 0.343 e. The first-order chi connectivity index (χ1) is 15.7. The van der Waals surface area contributed by atoms with E-state index in [1.54, 1.807) is 41.3 Å². The number of piperidine rings is 1. The lowest BCUT2D eigenvalue weighted by Crippen LogP contribution is -2.43. The summed E-state index contributed by atoms with van der Waals surface area (Å²) >= 11 is 0. The molecule has 4 aromatic rings. The van der Waals surface area contributed by atoms with Gasteiger partial charge in [-0.1, -0.05) is 23.4 Å². The number of likely N-dealkylation sites (tertiary alicyclic amines) is 1. The first kappa shape index (κ1) is 19.9. The standard InChI is InChI=1S/C22H20N6O4/c29-19(13-23-21(30)14-4-2-1-3-5-14)28-10-8-15(9-11-28)22-24-20(27-31-22)16-6-7-17-18(12-16)26-32-25-17/h1-7,12,15H,8-11,13H2,(H,23,30). The predicted molar refractivity (Wildman–Crippen MR) is 112 cm³/mol. The number of nitrogens with zero attached hydrogens (tertiary/aromatic N) is 5. The van der Waals surface area contributed by atoms with Crippen LogP contribution in [-0.2, 0) is 4.79 Å². The Kier molecular flexibility index (Phi) is 5.32. The van der Waals surface area contributed by atoms with Gasteiger partial charge in [-0.25, -0.2) is 4.63 Å². The lowest BCUT2D eigenvalue weighted by atomic mass is 9.96. The number of hydrogen-bond donors (Lipinski definition) is 1. The Morgan fingerprint density at radius 2 is 1.78 bits per heavy atom. The Balaban J connectivity index is 1.15. The fraction of sp³-hybridized carbons (Fsp3) is 0.273. The highest BCUT2D eigenvalue weighted by Crippen LogP contribution is 2.29. The first-order valence-electron chi connectivity index (χ1n) is 10.3. The van der Waals surface area contributed by atoms with Crippen molar-refractivity contribution in [2.75, 3.05) is 19.6 Å². The zero-order valence-corrected chi connectivity index (χ0v) is 17.1. The maximum absolute atomic E-state index is 12.5. The monoisotopic (exact) mass is 432 g/mol. The molecule has 32 heavy (non-hydrogen) atoms. The lowest BCUT2D eigenvalue weighted by Gasteiger charge is -2.30. The zero-order chi connectivity index (χ0) is 21.9. The molecule has 162 valence electrons. The molecule has 0 spiro atoms. The van der Waals surface area contributed by atoms with Crippen LogP contribution < -0.4 is 5.32 Å². The molecule has 1 aliphatic heterocycles. The molecule has 1 N–H and O–H groups in total. The van der Waals surface area contributed by atoms with Gasteiger partial charge in [0.25, 0.3) is 5.91 Å². The minimum absolute atomic E-state index is 0.0253. The van der Waals surface area contributed by atoms with Crippen LogP contribution in [0.4, 0.5) is 0 Å². The number of rotatable bonds is 5. The number of carbonyl (C=O) groups is 2. The van der Waals surface area contributed by atoms with E-state index < -0.39 is 0 Å². The lowest BCUT2D eigenvalue weighted by molar-refractivity contribution is -0.131. The third-order valence-electron chi connectivity index (χ3n) is 5.59. The predicted octanol–water partition coefficient (Wildman–Crippen LogP) is 2.41. The van der Waals surface area contributed by atoms with Gasteiger partial charge in [0.05, 0.1) is 6.54 Å². The average molecular weight is 432 g/mol. The van der Waals surface area contributed by atoms with Gasteiger partial charge in [-0.05, 0) is 53.5 Å². The Morgan fingerprint density at radius 3 is 2.59 bits per heavy atom. The van der Waals surface area contributed by atoms with Crippen molar-refractivity contribution in [3.05, 3.63) is 60.0 Å². The first-order valence-corrected chi connectivity index (χ1v) is 10.3. The SMILES string of the molecule is O=C(NCC(=O)N1CCC(c2nc(-c3ccc4nonc4c3)no2)CC1)c1ccccc1. The van der Waals surface area contributed by atoms with Gasteiger partial charge in [-0.15, -0.1) is 0 Å². The van der Waals surface area contributed by atoms with E-state index in [0.717, 1.165) is 5.56 Å². The van der Waals surface area contributed by atoms with Crippen LogP contribution in [0.5, 0.6) is 0 Å². The average Bonchev–Trinajstić information content (AvgIpc) is 3.52. The van der Waals surface area contributed by atoms with Crippen LogP contribution in [0.3, 0.4) is 0 Å². The molecule has 1 fully saturated rings. The molecule has 0 saturated carbocycles. The summed E-state index contributed by atoms with van der Waals surface area (Å²) < 4.78 is 10.2. The summed E-state index contributed by atoms with van der Waals surface area (Å²) in [5.74, 6) is 0.756. The number of fused-ring (bicyclic) bond motifs is 1. The van der Waals surface area contributed by atoms with Crippen LogP contribution in [0.15, 0.2) is 57.7 Å². The molecular formula is C22H20N6O4. The topological polar surface area (TPSA) is 127 Å². The van der Waals surface area contributed by atoms with Gasteiger partial charge >= 0.3 is 0 Å². The summed E-state index contributed by atoms with van der Waals surface area (Å²) in [6.45, 7) is 1.11. The fourth-order valence-electron chi connectivity index (χ4n) is 3.77. The molecule has 0 aliphatic carbocycles. The second kappa shape index (κ2) is 8.58. The number of aromatic nitrogens is 4. The van der Waals surface area contributed by atoms with Crippen molar-refractivity contribution in [1.29, 1.82) is 0 Å². The number of hydrogen-bond acceptors (Lipinski definition) is 8. The quantitative estimate of drug-likeness (QED) is 0.509. The van der Waals surface area contributed by atoms with Crippen molar-refractivity contribution in [1.82, 2.24) is 30.7 Å². The Labute approximate surface area is 182 Å². The molecule has 10 heteroatoms. The Bertz CT molecular complexity index is 1240. The smallest absolute Gasteiger partial charge is 0.251 e. The van der Waals surface area contributed by atoms with E-state index in [9.17, 15) is 9.59 Å². The minimum Gasteiger partial charge on any atom is -0.343 e. The van der Waals surface area contributed by atoms with Gasteiger partial charge in [0.1, 0.15) is 11.0 Å². The Hall–Kier alpha value is -4.08. The molecule has 5 rings (SSSR count). The zero-order valence-electron chi connectivity index (χ0n) is 17.1. The highest BCUT2D eigenvalue weighted by atomic mass is 16.6. The third kappa shape index (κ3) is 4.07. The van der Waals surface area contributed by atoms with E-state index >= 15 is 0 Å². The van der Waals surface area contributed by atoms with E-state index in [1.807, 2.05) is 12.1 Å². The maximum atomic E-state index is 12.5. The van der Waals surface area contributed by atoms with Crippen molar-refractivity contribution in [3.8, 4) is 11.4 Å². The van der Waals surface area contributed by atoms with Gasteiger partial charge < -0.3 is 14.7 Å².